The average Bonchev–Trinajstić information content (AvgIpc) is 3.16. The summed E-state index contributed by atoms with van der Waals surface area (Å²) in [5.41, 5.74) is 1.98. The molecule has 0 aliphatic carbocycles. The summed E-state index contributed by atoms with van der Waals surface area (Å²) in [6.45, 7) is 5.59. The van der Waals surface area contributed by atoms with Crippen molar-refractivity contribution in [2.45, 2.75) is 13.8 Å². The van der Waals surface area contributed by atoms with Crippen LogP contribution in [0.25, 0.3) is 11.3 Å². The van der Waals surface area contributed by atoms with E-state index in [-0.39, 0.29) is 11.6 Å². The second-order valence-electron chi connectivity index (χ2n) is 5.87. The molecule has 8 nitrogen and oxygen atoms in total. The molecule has 0 aliphatic rings. The largest absolute Gasteiger partial charge is 0.370 e. The maximum atomic E-state index is 12.2. The number of nitrogens with zero attached hydrogens (tertiary/aromatic N) is 3. The fourth-order valence-corrected chi connectivity index (χ4v) is 2.48. The van der Waals surface area contributed by atoms with E-state index in [4.69, 9.17) is 4.52 Å². The Morgan fingerprint density at radius 1 is 1.07 bits per heavy atom. The highest BCUT2D eigenvalue weighted by molar-refractivity contribution is 5.93. The maximum Gasteiger partial charge on any atom is 0.273 e. The van der Waals surface area contributed by atoms with E-state index >= 15 is 0 Å². The van der Waals surface area contributed by atoms with Gasteiger partial charge in [-0.15, -0.1) is 0 Å². The van der Waals surface area contributed by atoms with Crippen LogP contribution >= 0.6 is 0 Å². The Kier molecular flexibility index (Phi) is 5.98. The van der Waals surface area contributed by atoms with Crippen molar-refractivity contribution >= 4 is 17.7 Å². The van der Waals surface area contributed by atoms with E-state index in [0.717, 1.165) is 23.6 Å². The lowest BCUT2D eigenvalue weighted by molar-refractivity contribution is 0.0946. The Hall–Kier alpha value is -3.42. The Bertz CT molecular complexity index is 894. The number of hydrogen-bond acceptors (Lipinski definition) is 7. The summed E-state index contributed by atoms with van der Waals surface area (Å²) in [5.74, 6) is 1.56. The van der Waals surface area contributed by atoms with Gasteiger partial charge in [0, 0.05) is 43.0 Å². The summed E-state index contributed by atoms with van der Waals surface area (Å²) >= 11 is 0. The molecule has 2 aromatic heterocycles. The topological polar surface area (TPSA) is 105 Å². The number of aromatic nitrogens is 3. The molecule has 3 rings (SSSR count). The summed E-state index contributed by atoms with van der Waals surface area (Å²) in [5, 5.41) is 12.9. The lowest BCUT2D eigenvalue weighted by Crippen LogP contribution is -2.29. The van der Waals surface area contributed by atoms with E-state index in [9.17, 15) is 4.79 Å². The summed E-state index contributed by atoms with van der Waals surface area (Å²) in [4.78, 5) is 20.9. The highest BCUT2D eigenvalue weighted by atomic mass is 16.5. The molecule has 0 bridgehead atoms. The normalized spacial score (nSPS) is 10.4. The van der Waals surface area contributed by atoms with Crippen LogP contribution in [0, 0.1) is 6.92 Å². The lowest BCUT2D eigenvalue weighted by atomic mass is 10.1. The predicted octanol–water partition coefficient (Wildman–Crippen LogP) is 2.71. The Labute approximate surface area is 157 Å². The third kappa shape index (κ3) is 5.04. The predicted molar refractivity (Wildman–Crippen MR) is 104 cm³/mol. The zero-order valence-electron chi connectivity index (χ0n) is 15.3. The van der Waals surface area contributed by atoms with Gasteiger partial charge in [0.05, 0.1) is 0 Å². The van der Waals surface area contributed by atoms with E-state index in [1.165, 1.54) is 0 Å². The van der Waals surface area contributed by atoms with Crippen LogP contribution in [-0.2, 0) is 0 Å². The monoisotopic (exact) mass is 366 g/mol. The number of nitrogens with one attached hydrogen (secondary N) is 3. The number of benzene rings is 1. The Morgan fingerprint density at radius 2 is 1.89 bits per heavy atom. The number of anilines is 2. The molecule has 0 saturated carbocycles. The van der Waals surface area contributed by atoms with Crippen LogP contribution in [0.3, 0.4) is 0 Å². The lowest BCUT2D eigenvalue weighted by Gasteiger charge is -2.09. The average molecular weight is 366 g/mol. The van der Waals surface area contributed by atoms with Gasteiger partial charge in [0.2, 0.25) is 5.95 Å². The van der Waals surface area contributed by atoms with Crippen LogP contribution in [0.15, 0.2) is 47.0 Å². The maximum absolute atomic E-state index is 12.2. The number of amides is 1. The molecule has 0 fully saturated rings. The zero-order valence-corrected chi connectivity index (χ0v) is 15.3. The SMILES string of the molecule is CCNc1cc(C)nc(NCCNC(=O)c2cc(-c3ccccc3)on2)n1. The Balaban J connectivity index is 1.50. The molecule has 0 radical (unpaired) electrons. The van der Waals surface area contributed by atoms with E-state index in [1.807, 2.05) is 50.2 Å². The smallest absolute Gasteiger partial charge is 0.273 e. The van der Waals surface area contributed by atoms with Gasteiger partial charge >= 0.3 is 0 Å². The summed E-state index contributed by atoms with van der Waals surface area (Å²) in [7, 11) is 0. The molecule has 0 unspecified atom stereocenters. The molecule has 8 heteroatoms. The van der Waals surface area contributed by atoms with Crippen molar-refractivity contribution in [2.24, 2.45) is 0 Å². The molecule has 3 N–H and O–H groups in total. The number of hydrogen-bond donors (Lipinski definition) is 3. The number of aryl methyl sites for hydroxylation is 1. The molecular weight excluding hydrogens is 344 g/mol. The fraction of sp³-hybridized carbons (Fsp3) is 0.263. The van der Waals surface area contributed by atoms with Gasteiger partial charge in [-0.25, -0.2) is 4.98 Å². The molecule has 1 aromatic carbocycles. The van der Waals surface area contributed by atoms with Crippen molar-refractivity contribution < 1.29 is 9.32 Å². The van der Waals surface area contributed by atoms with Crippen LogP contribution in [0.2, 0.25) is 0 Å². The van der Waals surface area contributed by atoms with Gasteiger partial charge in [-0.3, -0.25) is 4.79 Å². The van der Waals surface area contributed by atoms with Crippen molar-refractivity contribution in [1.82, 2.24) is 20.4 Å². The third-order valence-corrected chi connectivity index (χ3v) is 3.71. The van der Waals surface area contributed by atoms with Crippen LogP contribution in [0.1, 0.15) is 23.1 Å². The molecule has 1 amide bonds. The molecule has 27 heavy (non-hydrogen) atoms. The van der Waals surface area contributed by atoms with Gasteiger partial charge in [-0.05, 0) is 13.8 Å². The van der Waals surface area contributed by atoms with E-state index in [1.54, 1.807) is 6.07 Å². The number of rotatable bonds is 8. The van der Waals surface area contributed by atoms with Gasteiger partial charge in [0.25, 0.3) is 5.91 Å². The van der Waals surface area contributed by atoms with Crippen LogP contribution in [0.4, 0.5) is 11.8 Å². The highest BCUT2D eigenvalue weighted by Gasteiger charge is 2.13. The summed E-state index contributed by atoms with van der Waals surface area (Å²) in [6.07, 6.45) is 0. The van der Waals surface area contributed by atoms with Gasteiger partial charge in [0.1, 0.15) is 5.82 Å². The molecule has 140 valence electrons. The van der Waals surface area contributed by atoms with Crippen molar-refractivity contribution in [2.75, 3.05) is 30.3 Å². The second kappa shape index (κ2) is 8.79. The minimum absolute atomic E-state index is 0.245. The molecule has 3 aromatic rings. The molecule has 0 atom stereocenters. The number of carbonyl (C=O) groups excluding carboxylic acids is 1. The fourth-order valence-electron chi connectivity index (χ4n) is 2.48. The molecular formula is C19H22N6O2. The zero-order chi connectivity index (χ0) is 19.1. The van der Waals surface area contributed by atoms with Crippen LogP contribution in [-0.4, -0.2) is 40.7 Å². The van der Waals surface area contributed by atoms with Gasteiger partial charge in [0.15, 0.2) is 11.5 Å². The van der Waals surface area contributed by atoms with Gasteiger partial charge in [-0.1, -0.05) is 35.5 Å². The molecule has 2 heterocycles. The van der Waals surface area contributed by atoms with Crippen LogP contribution < -0.4 is 16.0 Å². The molecule has 0 spiro atoms. The second-order valence-corrected chi connectivity index (χ2v) is 5.87. The standard InChI is InChI=1S/C19H22N6O2/c1-3-20-17-11-13(2)23-19(24-17)22-10-9-21-18(26)15-12-16(27-25-15)14-7-5-4-6-8-14/h4-8,11-12H,3,9-10H2,1-2H3,(H,21,26)(H2,20,22,23,24). The minimum Gasteiger partial charge on any atom is -0.370 e. The van der Waals surface area contributed by atoms with Gasteiger partial charge in [-0.2, -0.15) is 4.98 Å². The number of carbonyl (C=O) groups is 1. The van der Waals surface area contributed by atoms with Crippen LogP contribution in [0.5, 0.6) is 0 Å². The minimum atomic E-state index is -0.291. The molecule has 0 saturated heterocycles. The van der Waals surface area contributed by atoms with Crippen molar-refractivity contribution in [3.05, 3.63) is 53.9 Å². The van der Waals surface area contributed by atoms with E-state index < -0.39 is 0 Å². The van der Waals surface area contributed by atoms with E-state index in [2.05, 4.69) is 31.1 Å². The first kappa shape index (κ1) is 18.4. The quantitative estimate of drug-likeness (QED) is 0.526. The third-order valence-electron chi connectivity index (χ3n) is 3.71. The first-order valence-electron chi connectivity index (χ1n) is 8.79. The van der Waals surface area contributed by atoms with Crippen molar-refractivity contribution in [3.63, 3.8) is 0 Å². The molecule has 0 aliphatic heterocycles. The van der Waals surface area contributed by atoms with E-state index in [0.29, 0.717) is 24.8 Å². The first-order valence-corrected chi connectivity index (χ1v) is 8.79. The summed E-state index contributed by atoms with van der Waals surface area (Å²) < 4.78 is 5.24. The summed E-state index contributed by atoms with van der Waals surface area (Å²) in [6, 6.07) is 13.0. The van der Waals surface area contributed by atoms with Crippen molar-refractivity contribution in [3.8, 4) is 11.3 Å². The van der Waals surface area contributed by atoms with Crippen molar-refractivity contribution in [1.29, 1.82) is 0 Å². The Morgan fingerprint density at radius 3 is 2.67 bits per heavy atom. The highest BCUT2D eigenvalue weighted by Crippen LogP contribution is 2.19. The first-order chi connectivity index (χ1) is 13.2. The van der Waals surface area contributed by atoms with Gasteiger partial charge < -0.3 is 20.5 Å².